The summed E-state index contributed by atoms with van der Waals surface area (Å²) in [5.41, 5.74) is 2.42. The average Bonchev–Trinajstić information content (AvgIpc) is 3.13. The van der Waals surface area contributed by atoms with E-state index in [1.807, 2.05) is 35.5 Å². The number of nitrogens with one attached hydrogen (secondary N) is 1. The number of rotatable bonds is 4. The minimum atomic E-state index is -0.307. The Morgan fingerprint density at radius 2 is 2.00 bits per heavy atom. The molecule has 170 valence electrons. The third-order valence-electron chi connectivity index (χ3n) is 5.97. The van der Waals surface area contributed by atoms with Crippen molar-refractivity contribution in [1.29, 1.82) is 5.26 Å². The Morgan fingerprint density at radius 1 is 1.30 bits per heavy atom. The van der Waals surface area contributed by atoms with Gasteiger partial charge in [0, 0.05) is 6.92 Å². The third-order valence-corrected chi connectivity index (χ3v) is 6.68. The fourth-order valence-electron chi connectivity index (χ4n) is 4.55. The second-order valence-electron chi connectivity index (χ2n) is 8.51. The van der Waals surface area contributed by atoms with Crippen LogP contribution in [0.3, 0.4) is 0 Å². The predicted octanol–water partition coefficient (Wildman–Crippen LogP) is 1.11. The first kappa shape index (κ1) is 23.0. The van der Waals surface area contributed by atoms with E-state index in [0.717, 1.165) is 16.9 Å². The molecule has 0 aliphatic carbocycles. The number of piperazine rings is 1. The molecule has 11 heteroatoms. The Labute approximate surface area is 201 Å². The molecule has 0 aromatic carbocycles. The molecule has 33 heavy (non-hydrogen) atoms. The van der Waals surface area contributed by atoms with Crippen LogP contribution in [0, 0.1) is 18.3 Å². The SMILES string of the molecule is CC(=O)N1[C@H](C)CN(c2nc([C@H](C)Nc3ncnc([As])c3C#N)nn3ccc(C)c23)C[C@@H]1C. The fraction of sp³-hybridized carbons (Fsp3) is 0.455. The number of aryl methyl sites for hydroxylation is 1. The zero-order valence-electron chi connectivity index (χ0n) is 19.3. The van der Waals surface area contributed by atoms with E-state index >= 15 is 0 Å². The van der Waals surface area contributed by atoms with Gasteiger partial charge < -0.3 is 0 Å². The summed E-state index contributed by atoms with van der Waals surface area (Å²) in [6, 6.07) is 4.00. The minimum absolute atomic E-state index is 0.0656. The van der Waals surface area contributed by atoms with Gasteiger partial charge in [-0.3, -0.25) is 4.79 Å². The first-order chi connectivity index (χ1) is 15.7. The number of nitrogens with zero attached hydrogens (tertiary/aromatic N) is 8. The molecule has 1 saturated heterocycles. The van der Waals surface area contributed by atoms with Crippen molar-refractivity contribution in [3.63, 3.8) is 0 Å². The molecule has 1 fully saturated rings. The molecule has 2 radical (unpaired) electrons. The second-order valence-corrected chi connectivity index (χ2v) is 9.40. The number of aromatic nitrogens is 5. The number of fused-ring (bicyclic) bond motifs is 1. The average molecular weight is 507 g/mol. The van der Waals surface area contributed by atoms with E-state index in [1.165, 1.54) is 6.33 Å². The molecule has 0 bridgehead atoms. The molecule has 0 unspecified atom stereocenters. The molecule has 0 spiro atoms. The first-order valence-corrected chi connectivity index (χ1v) is 11.7. The third kappa shape index (κ3) is 4.25. The van der Waals surface area contributed by atoms with Gasteiger partial charge in [0.1, 0.15) is 0 Å². The Hall–Kier alpha value is -3.18. The summed E-state index contributed by atoms with van der Waals surface area (Å²) in [5.74, 6) is 1.96. The number of anilines is 2. The van der Waals surface area contributed by atoms with Gasteiger partial charge in [0.2, 0.25) is 5.91 Å². The standard InChI is InChI=1S/C22H26AsN9O/c1-12-6-7-31-18(12)22(30-9-13(2)32(16(5)33)14(3)10-30)28-20(29-31)15(4)27-21-17(8-24)19(23)25-11-26-21/h6-7,11,13-15H,9-10H2,1-5H3,(H,25,26,27)/t13-,14+,15-/m0/s1. The maximum absolute atomic E-state index is 12.1. The van der Waals surface area contributed by atoms with Gasteiger partial charge in [-0.1, -0.05) is 0 Å². The van der Waals surface area contributed by atoms with Crippen LogP contribution >= 0.6 is 0 Å². The van der Waals surface area contributed by atoms with Crippen molar-refractivity contribution in [2.45, 2.75) is 52.7 Å². The zero-order chi connectivity index (χ0) is 23.9. The van der Waals surface area contributed by atoms with Gasteiger partial charge in [-0.15, -0.1) is 0 Å². The Morgan fingerprint density at radius 3 is 2.64 bits per heavy atom. The number of nitriles is 1. The summed E-state index contributed by atoms with van der Waals surface area (Å²) in [4.78, 5) is 29.6. The molecule has 1 aliphatic rings. The van der Waals surface area contributed by atoms with Crippen LogP contribution in [-0.2, 0) is 4.79 Å². The predicted molar refractivity (Wildman–Crippen MR) is 126 cm³/mol. The summed E-state index contributed by atoms with van der Waals surface area (Å²) in [6.45, 7) is 11.1. The summed E-state index contributed by atoms with van der Waals surface area (Å²) >= 11 is 2.29. The molecule has 4 rings (SSSR count). The van der Waals surface area contributed by atoms with Crippen LogP contribution in [0.4, 0.5) is 11.6 Å². The maximum atomic E-state index is 12.1. The Kier molecular flexibility index (Phi) is 6.26. The quantitative estimate of drug-likeness (QED) is 0.523. The molecule has 3 atom stereocenters. The molecule has 3 aromatic heterocycles. The monoisotopic (exact) mass is 507 g/mol. The summed E-state index contributed by atoms with van der Waals surface area (Å²) in [7, 11) is 0. The molecule has 10 nitrogen and oxygen atoms in total. The molecule has 1 aliphatic heterocycles. The second kappa shape index (κ2) is 8.99. The Bertz CT molecular complexity index is 1240. The van der Waals surface area contributed by atoms with E-state index in [9.17, 15) is 10.1 Å². The van der Waals surface area contributed by atoms with Crippen molar-refractivity contribution in [2.24, 2.45) is 0 Å². The van der Waals surface area contributed by atoms with Gasteiger partial charge in [0.05, 0.1) is 0 Å². The van der Waals surface area contributed by atoms with E-state index in [2.05, 4.69) is 57.0 Å². The van der Waals surface area contributed by atoms with Crippen LogP contribution in [0.25, 0.3) is 5.52 Å². The van der Waals surface area contributed by atoms with E-state index in [-0.39, 0.29) is 24.0 Å². The molecule has 1 amide bonds. The van der Waals surface area contributed by atoms with Crippen molar-refractivity contribution in [3.05, 3.63) is 35.5 Å². The van der Waals surface area contributed by atoms with Crippen LogP contribution < -0.4 is 14.7 Å². The fourth-order valence-corrected chi connectivity index (χ4v) is 4.99. The van der Waals surface area contributed by atoms with Crippen LogP contribution in [-0.4, -0.2) is 77.4 Å². The van der Waals surface area contributed by atoms with Gasteiger partial charge in [-0.25, -0.2) is 0 Å². The molecular formula is C22H26AsN9O. The molecule has 3 aromatic rings. The van der Waals surface area contributed by atoms with E-state index in [4.69, 9.17) is 10.1 Å². The topological polar surface area (TPSA) is 115 Å². The summed E-state index contributed by atoms with van der Waals surface area (Å²) in [6.07, 6.45) is 3.35. The molecule has 1 N–H and O–H groups in total. The normalized spacial score (nSPS) is 19.4. The van der Waals surface area contributed by atoms with Crippen LogP contribution in [0.5, 0.6) is 0 Å². The van der Waals surface area contributed by atoms with Gasteiger partial charge in [-0.05, 0) is 0 Å². The van der Waals surface area contributed by atoms with Crippen LogP contribution in [0.2, 0.25) is 0 Å². The molecular weight excluding hydrogens is 481 g/mol. The van der Waals surface area contributed by atoms with Crippen LogP contribution in [0.15, 0.2) is 18.6 Å². The van der Waals surface area contributed by atoms with Gasteiger partial charge in [0.15, 0.2) is 0 Å². The van der Waals surface area contributed by atoms with E-state index in [0.29, 0.717) is 34.8 Å². The zero-order valence-corrected chi connectivity index (χ0v) is 21.2. The summed E-state index contributed by atoms with van der Waals surface area (Å²) in [5, 5.41) is 17.5. The molecule has 0 saturated carbocycles. The Balaban J connectivity index is 1.72. The number of hydrogen-bond donors (Lipinski definition) is 1. The van der Waals surface area contributed by atoms with Gasteiger partial charge in [-0.2, -0.15) is 0 Å². The van der Waals surface area contributed by atoms with Gasteiger partial charge in [0.25, 0.3) is 0 Å². The van der Waals surface area contributed by atoms with Crippen molar-refractivity contribution < 1.29 is 4.79 Å². The number of carbonyl (C=O) groups is 1. The van der Waals surface area contributed by atoms with Crippen molar-refractivity contribution >= 4 is 44.4 Å². The molecule has 4 heterocycles. The van der Waals surface area contributed by atoms with Crippen LogP contribution in [0.1, 0.15) is 50.7 Å². The number of amides is 1. The van der Waals surface area contributed by atoms with Crippen molar-refractivity contribution in [1.82, 2.24) is 29.5 Å². The van der Waals surface area contributed by atoms with E-state index < -0.39 is 0 Å². The van der Waals surface area contributed by atoms with Crippen molar-refractivity contribution in [2.75, 3.05) is 23.3 Å². The summed E-state index contributed by atoms with van der Waals surface area (Å²) < 4.78 is 2.41. The number of hydrogen-bond acceptors (Lipinski definition) is 8. The van der Waals surface area contributed by atoms with Gasteiger partial charge >= 0.3 is 184 Å². The first-order valence-electron chi connectivity index (χ1n) is 10.8. The van der Waals surface area contributed by atoms with E-state index in [1.54, 1.807) is 6.92 Å². The number of carbonyl (C=O) groups excluding carboxylic acids is 1. The van der Waals surface area contributed by atoms with Crippen molar-refractivity contribution in [3.8, 4) is 6.07 Å².